The van der Waals surface area contributed by atoms with E-state index in [1.54, 1.807) is 0 Å². The van der Waals surface area contributed by atoms with Gasteiger partial charge < -0.3 is 10.4 Å². The van der Waals surface area contributed by atoms with Crippen LogP contribution in [0.1, 0.15) is 29.3 Å². The fraction of sp³-hybridized carbons (Fsp3) is 0.333. The Hall–Kier alpha value is -2.12. The van der Waals surface area contributed by atoms with E-state index < -0.39 is 41.0 Å². The average molecular weight is 293 g/mol. The lowest BCUT2D eigenvalue weighted by Gasteiger charge is -2.14. The van der Waals surface area contributed by atoms with Crippen LogP contribution in [-0.2, 0) is 11.0 Å². The number of nitrogens with one attached hydrogen (secondary N) is 1. The molecular formula is C12H11F4NO3. The Labute approximate surface area is 111 Å². The van der Waals surface area contributed by atoms with Gasteiger partial charge in [0.1, 0.15) is 11.9 Å². The highest BCUT2D eigenvalue weighted by Gasteiger charge is 2.32. The van der Waals surface area contributed by atoms with Gasteiger partial charge in [0.2, 0.25) is 0 Å². The number of benzene rings is 1. The second kappa shape index (κ2) is 5.89. The summed E-state index contributed by atoms with van der Waals surface area (Å²) in [7, 11) is 0. The summed E-state index contributed by atoms with van der Waals surface area (Å²) in [5.74, 6) is -3.72. The molecule has 0 unspecified atom stereocenters. The third-order valence-electron chi connectivity index (χ3n) is 2.55. The van der Waals surface area contributed by atoms with Gasteiger partial charge in [0.05, 0.1) is 11.1 Å². The zero-order valence-electron chi connectivity index (χ0n) is 10.3. The van der Waals surface area contributed by atoms with Crippen LogP contribution in [0.4, 0.5) is 17.6 Å². The Bertz CT molecular complexity index is 528. The maximum Gasteiger partial charge on any atom is 0.416 e. The predicted octanol–water partition coefficient (Wildman–Crippen LogP) is 2.44. The predicted molar refractivity (Wildman–Crippen MR) is 60.6 cm³/mol. The van der Waals surface area contributed by atoms with Crippen molar-refractivity contribution in [3.63, 3.8) is 0 Å². The lowest BCUT2D eigenvalue weighted by molar-refractivity contribution is -0.139. The number of hydrogen-bond acceptors (Lipinski definition) is 2. The van der Waals surface area contributed by atoms with Crippen molar-refractivity contribution in [1.29, 1.82) is 0 Å². The highest BCUT2D eigenvalue weighted by Crippen LogP contribution is 2.30. The van der Waals surface area contributed by atoms with Crippen molar-refractivity contribution in [3.05, 3.63) is 35.1 Å². The normalized spacial score (nSPS) is 12.8. The molecule has 0 aliphatic rings. The molecule has 20 heavy (non-hydrogen) atoms. The molecule has 0 aliphatic carbocycles. The first-order valence-corrected chi connectivity index (χ1v) is 5.57. The average Bonchev–Trinajstić information content (AvgIpc) is 2.34. The molecule has 110 valence electrons. The van der Waals surface area contributed by atoms with Crippen LogP contribution in [0.2, 0.25) is 0 Å². The van der Waals surface area contributed by atoms with Crippen molar-refractivity contribution < 1.29 is 32.3 Å². The molecular weight excluding hydrogens is 282 g/mol. The van der Waals surface area contributed by atoms with Gasteiger partial charge in [0, 0.05) is 0 Å². The van der Waals surface area contributed by atoms with Crippen LogP contribution in [0.15, 0.2) is 18.2 Å². The second-order valence-corrected chi connectivity index (χ2v) is 3.96. The molecule has 1 aromatic rings. The molecule has 0 fully saturated rings. The van der Waals surface area contributed by atoms with Gasteiger partial charge >= 0.3 is 12.1 Å². The first kappa shape index (κ1) is 15.9. The largest absolute Gasteiger partial charge is 0.480 e. The summed E-state index contributed by atoms with van der Waals surface area (Å²) in [5, 5.41) is 10.7. The number of carbonyl (C=O) groups is 2. The summed E-state index contributed by atoms with van der Waals surface area (Å²) in [6.45, 7) is 1.46. The van der Waals surface area contributed by atoms with Gasteiger partial charge in [0.25, 0.3) is 5.91 Å². The van der Waals surface area contributed by atoms with E-state index in [-0.39, 0.29) is 6.42 Å². The van der Waals surface area contributed by atoms with Gasteiger partial charge in [0.15, 0.2) is 0 Å². The molecule has 1 aromatic carbocycles. The van der Waals surface area contributed by atoms with Crippen molar-refractivity contribution in [2.24, 2.45) is 0 Å². The van der Waals surface area contributed by atoms with E-state index in [0.29, 0.717) is 18.2 Å². The summed E-state index contributed by atoms with van der Waals surface area (Å²) in [6.07, 6.45) is -4.71. The number of halogens is 4. The molecule has 0 radical (unpaired) electrons. The molecule has 0 aromatic heterocycles. The van der Waals surface area contributed by atoms with Crippen molar-refractivity contribution >= 4 is 11.9 Å². The third-order valence-corrected chi connectivity index (χ3v) is 2.55. The molecule has 4 nitrogen and oxygen atoms in total. The number of alkyl halides is 3. The fourth-order valence-electron chi connectivity index (χ4n) is 1.45. The molecule has 1 atom stereocenters. The zero-order valence-corrected chi connectivity index (χ0v) is 10.3. The van der Waals surface area contributed by atoms with E-state index in [9.17, 15) is 27.2 Å². The minimum atomic E-state index is -4.72. The number of amides is 1. The number of aliphatic carboxylic acids is 1. The molecule has 0 saturated heterocycles. The van der Waals surface area contributed by atoms with Crippen LogP contribution in [0.5, 0.6) is 0 Å². The van der Waals surface area contributed by atoms with Crippen LogP contribution < -0.4 is 5.32 Å². The monoisotopic (exact) mass is 293 g/mol. The topological polar surface area (TPSA) is 66.4 Å². The van der Waals surface area contributed by atoms with Gasteiger partial charge in [-0.2, -0.15) is 13.2 Å². The molecule has 1 rings (SSSR count). The van der Waals surface area contributed by atoms with Crippen LogP contribution in [0.25, 0.3) is 0 Å². The first-order valence-electron chi connectivity index (χ1n) is 5.57. The SMILES string of the molecule is CC[C@H](NC(=O)c1cc(C(F)(F)F)ccc1F)C(=O)O. The van der Waals surface area contributed by atoms with E-state index in [1.165, 1.54) is 6.92 Å². The zero-order chi connectivity index (χ0) is 15.5. The Morgan fingerprint density at radius 2 is 1.95 bits per heavy atom. The number of hydrogen-bond donors (Lipinski definition) is 2. The lowest BCUT2D eigenvalue weighted by atomic mass is 10.1. The standard InChI is InChI=1S/C12H11F4NO3/c1-2-9(11(19)20)17-10(18)7-5-6(12(14,15)16)3-4-8(7)13/h3-5,9H,2H2,1H3,(H,17,18)(H,19,20)/t9-/m0/s1. The van der Waals surface area contributed by atoms with Crippen molar-refractivity contribution in [2.45, 2.75) is 25.6 Å². The first-order chi connectivity index (χ1) is 9.16. The Kier molecular flexibility index (Phi) is 4.69. The highest BCUT2D eigenvalue weighted by molar-refractivity contribution is 5.97. The molecule has 1 amide bonds. The fourth-order valence-corrected chi connectivity index (χ4v) is 1.45. The van der Waals surface area contributed by atoms with Crippen molar-refractivity contribution in [1.82, 2.24) is 5.32 Å². The number of carboxylic acids is 1. The Morgan fingerprint density at radius 1 is 1.35 bits per heavy atom. The maximum absolute atomic E-state index is 13.4. The lowest BCUT2D eigenvalue weighted by Crippen LogP contribution is -2.40. The minimum Gasteiger partial charge on any atom is -0.480 e. The highest BCUT2D eigenvalue weighted by atomic mass is 19.4. The second-order valence-electron chi connectivity index (χ2n) is 3.96. The van der Waals surface area contributed by atoms with E-state index >= 15 is 0 Å². The minimum absolute atomic E-state index is 0.0155. The van der Waals surface area contributed by atoms with Crippen molar-refractivity contribution in [2.75, 3.05) is 0 Å². The molecule has 0 aliphatic heterocycles. The molecule has 0 heterocycles. The van der Waals surface area contributed by atoms with E-state index in [1.807, 2.05) is 5.32 Å². The molecule has 0 spiro atoms. The van der Waals surface area contributed by atoms with Gasteiger partial charge in [-0.05, 0) is 24.6 Å². The molecule has 0 saturated carbocycles. The van der Waals surface area contributed by atoms with E-state index in [0.717, 1.165) is 0 Å². The molecule has 2 N–H and O–H groups in total. The summed E-state index contributed by atoms with van der Waals surface area (Å²) in [5.41, 5.74) is -2.04. The summed E-state index contributed by atoms with van der Waals surface area (Å²) >= 11 is 0. The molecule has 8 heteroatoms. The van der Waals surface area contributed by atoms with Crippen LogP contribution >= 0.6 is 0 Å². The third kappa shape index (κ3) is 3.69. The Balaban J connectivity index is 3.06. The molecule has 0 bridgehead atoms. The van der Waals surface area contributed by atoms with Gasteiger partial charge in [-0.15, -0.1) is 0 Å². The van der Waals surface area contributed by atoms with Crippen LogP contribution in [0.3, 0.4) is 0 Å². The smallest absolute Gasteiger partial charge is 0.416 e. The number of carboxylic acid groups (broad SMARTS) is 1. The van der Waals surface area contributed by atoms with E-state index in [2.05, 4.69) is 0 Å². The van der Waals surface area contributed by atoms with Gasteiger partial charge in [-0.1, -0.05) is 6.92 Å². The maximum atomic E-state index is 13.4. The van der Waals surface area contributed by atoms with Crippen molar-refractivity contribution in [3.8, 4) is 0 Å². The van der Waals surface area contributed by atoms with Gasteiger partial charge in [-0.25, -0.2) is 9.18 Å². The van der Waals surface area contributed by atoms with Crippen LogP contribution in [0, 0.1) is 5.82 Å². The number of carbonyl (C=O) groups excluding carboxylic acids is 1. The van der Waals surface area contributed by atoms with Crippen LogP contribution in [-0.4, -0.2) is 23.0 Å². The Morgan fingerprint density at radius 3 is 2.40 bits per heavy atom. The van der Waals surface area contributed by atoms with Gasteiger partial charge in [-0.3, -0.25) is 4.79 Å². The summed E-state index contributed by atoms with van der Waals surface area (Å²) in [6, 6.07) is 0.0655. The number of rotatable bonds is 4. The quantitative estimate of drug-likeness (QED) is 0.838. The van der Waals surface area contributed by atoms with E-state index in [4.69, 9.17) is 5.11 Å². The summed E-state index contributed by atoms with van der Waals surface area (Å²) < 4.78 is 50.8. The summed E-state index contributed by atoms with van der Waals surface area (Å²) in [4.78, 5) is 22.4.